The number of nitrogens with zero attached hydrogens (tertiary/aromatic N) is 4. The Morgan fingerprint density at radius 3 is 2.64 bits per heavy atom. The topological polar surface area (TPSA) is 69.5 Å². The van der Waals surface area contributed by atoms with Gasteiger partial charge in [-0.3, -0.25) is 4.79 Å². The van der Waals surface area contributed by atoms with E-state index < -0.39 is 0 Å². The molecule has 1 aromatic heterocycles. The van der Waals surface area contributed by atoms with Crippen molar-refractivity contribution in [1.82, 2.24) is 19.7 Å². The molecule has 2 aliphatic carbocycles. The van der Waals surface area contributed by atoms with E-state index in [9.17, 15) is 4.79 Å². The SMILES string of the molecule is COc1cccc(CN(C)C(=O)CSc2nnc(C3CC3)n2C2CC2)c1OC. The molecule has 0 unspecified atom stereocenters. The van der Waals surface area contributed by atoms with Crippen LogP contribution in [0.2, 0.25) is 0 Å². The molecule has 0 atom stereocenters. The second kappa shape index (κ2) is 8.03. The summed E-state index contributed by atoms with van der Waals surface area (Å²) in [6, 6.07) is 6.23. The molecule has 7 nitrogen and oxygen atoms in total. The van der Waals surface area contributed by atoms with Crippen LogP contribution in [0, 0.1) is 0 Å². The van der Waals surface area contributed by atoms with Gasteiger partial charge < -0.3 is 18.9 Å². The number of rotatable bonds is 9. The average molecular weight is 403 g/mol. The van der Waals surface area contributed by atoms with Gasteiger partial charge in [0.2, 0.25) is 5.91 Å². The quantitative estimate of drug-likeness (QED) is 0.600. The van der Waals surface area contributed by atoms with Crippen LogP contribution in [-0.2, 0) is 11.3 Å². The molecule has 1 aromatic carbocycles. The van der Waals surface area contributed by atoms with Gasteiger partial charge in [-0.05, 0) is 31.7 Å². The molecule has 0 bridgehead atoms. The minimum atomic E-state index is 0.0493. The maximum atomic E-state index is 12.7. The fourth-order valence-corrected chi connectivity index (χ4v) is 4.29. The van der Waals surface area contributed by atoms with E-state index in [1.54, 1.807) is 19.1 Å². The zero-order chi connectivity index (χ0) is 19.7. The summed E-state index contributed by atoms with van der Waals surface area (Å²) in [7, 11) is 5.03. The van der Waals surface area contributed by atoms with Gasteiger partial charge >= 0.3 is 0 Å². The number of benzene rings is 1. The maximum Gasteiger partial charge on any atom is 0.233 e. The number of aromatic nitrogens is 3. The third-order valence-corrected chi connectivity index (χ3v) is 6.12. The molecule has 28 heavy (non-hydrogen) atoms. The van der Waals surface area contributed by atoms with Crippen LogP contribution in [-0.4, -0.2) is 52.6 Å². The third-order valence-electron chi connectivity index (χ3n) is 5.19. The number of carbonyl (C=O) groups excluding carboxylic acids is 1. The third kappa shape index (κ3) is 3.97. The lowest BCUT2D eigenvalue weighted by Gasteiger charge is -2.20. The van der Waals surface area contributed by atoms with E-state index in [4.69, 9.17) is 9.47 Å². The molecule has 0 saturated heterocycles. The summed E-state index contributed by atoms with van der Waals surface area (Å²) < 4.78 is 13.1. The largest absolute Gasteiger partial charge is 0.493 e. The van der Waals surface area contributed by atoms with E-state index in [2.05, 4.69) is 14.8 Å². The van der Waals surface area contributed by atoms with Crippen molar-refractivity contribution in [2.24, 2.45) is 0 Å². The molecule has 0 spiro atoms. The Balaban J connectivity index is 1.39. The van der Waals surface area contributed by atoms with Gasteiger partial charge in [-0.1, -0.05) is 23.9 Å². The monoisotopic (exact) mass is 402 g/mol. The van der Waals surface area contributed by atoms with Crippen molar-refractivity contribution in [3.05, 3.63) is 29.6 Å². The Hall–Kier alpha value is -2.22. The summed E-state index contributed by atoms with van der Waals surface area (Å²) in [4.78, 5) is 14.4. The van der Waals surface area contributed by atoms with Gasteiger partial charge in [-0.15, -0.1) is 10.2 Å². The molecule has 0 N–H and O–H groups in total. The van der Waals surface area contributed by atoms with Crippen LogP contribution >= 0.6 is 11.8 Å². The normalized spacial score (nSPS) is 16.1. The Morgan fingerprint density at radius 1 is 1.21 bits per heavy atom. The molecular weight excluding hydrogens is 376 g/mol. The van der Waals surface area contributed by atoms with Gasteiger partial charge in [0.05, 0.1) is 20.0 Å². The summed E-state index contributed by atoms with van der Waals surface area (Å²) >= 11 is 1.49. The molecule has 2 aliphatic rings. The van der Waals surface area contributed by atoms with E-state index in [1.165, 1.54) is 37.4 Å². The van der Waals surface area contributed by atoms with Crippen molar-refractivity contribution in [2.45, 2.75) is 49.3 Å². The number of ether oxygens (including phenoxy) is 2. The summed E-state index contributed by atoms with van der Waals surface area (Å²) in [5, 5.41) is 9.66. The highest BCUT2D eigenvalue weighted by Crippen LogP contribution is 2.46. The van der Waals surface area contributed by atoms with Crippen LogP contribution in [0.3, 0.4) is 0 Å². The summed E-state index contributed by atoms with van der Waals surface area (Å²) in [6.07, 6.45) is 4.79. The highest BCUT2D eigenvalue weighted by Gasteiger charge is 2.36. The van der Waals surface area contributed by atoms with Gasteiger partial charge in [0, 0.05) is 31.1 Å². The number of thioether (sulfide) groups is 1. The van der Waals surface area contributed by atoms with Crippen molar-refractivity contribution in [2.75, 3.05) is 27.0 Å². The molecule has 2 aromatic rings. The van der Waals surface area contributed by atoms with Crippen molar-refractivity contribution in [3.8, 4) is 11.5 Å². The molecular formula is C20H26N4O3S. The first kappa shape index (κ1) is 19.1. The summed E-state index contributed by atoms with van der Waals surface area (Å²) in [5.74, 6) is 3.42. The molecule has 0 aliphatic heterocycles. The number of carbonyl (C=O) groups is 1. The second-order valence-electron chi connectivity index (χ2n) is 7.41. The van der Waals surface area contributed by atoms with Crippen LogP contribution in [0.25, 0.3) is 0 Å². The molecule has 150 valence electrons. The number of methoxy groups -OCH3 is 2. The molecule has 8 heteroatoms. The van der Waals surface area contributed by atoms with Crippen molar-refractivity contribution < 1.29 is 14.3 Å². The van der Waals surface area contributed by atoms with Gasteiger partial charge in [-0.25, -0.2) is 0 Å². The van der Waals surface area contributed by atoms with Crippen LogP contribution in [0.5, 0.6) is 11.5 Å². The highest BCUT2D eigenvalue weighted by molar-refractivity contribution is 7.99. The molecule has 0 radical (unpaired) electrons. The van der Waals surface area contributed by atoms with Crippen LogP contribution < -0.4 is 9.47 Å². The number of hydrogen-bond donors (Lipinski definition) is 0. The zero-order valence-corrected chi connectivity index (χ0v) is 17.4. The van der Waals surface area contributed by atoms with Gasteiger partial charge in [0.15, 0.2) is 16.7 Å². The molecule has 1 amide bonds. The fraction of sp³-hybridized carbons (Fsp3) is 0.550. The van der Waals surface area contributed by atoms with E-state index in [1.807, 2.05) is 25.2 Å². The van der Waals surface area contributed by atoms with E-state index in [0.717, 1.165) is 16.5 Å². The molecule has 2 fully saturated rings. The fourth-order valence-electron chi connectivity index (χ4n) is 3.34. The first-order valence-electron chi connectivity index (χ1n) is 9.63. The average Bonchev–Trinajstić information content (AvgIpc) is 3.64. The minimum Gasteiger partial charge on any atom is -0.493 e. The van der Waals surface area contributed by atoms with Crippen molar-refractivity contribution >= 4 is 17.7 Å². The van der Waals surface area contributed by atoms with E-state index in [0.29, 0.717) is 35.8 Å². The lowest BCUT2D eigenvalue weighted by molar-refractivity contribution is -0.127. The zero-order valence-electron chi connectivity index (χ0n) is 16.6. The molecule has 1 heterocycles. The Kier molecular flexibility index (Phi) is 5.48. The first-order chi connectivity index (χ1) is 13.6. The number of para-hydroxylation sites is 1. The van der Waals surface area contributed by atoms with Crippen LogP contribution in [0.4, 0.5) is 0 Å². The summed E-state index contributed by atoms with van der Waals surface area (Å²) in [5.41, 5.74) is 0.917. The minimum absolute atomic E-state index is 0.0493. The second-order valence-corrected chi connectivity index (χ2v) is 8.35. The maximum absolute atomic E-state index is 12.7. The Labute approximate surface area is 169 Å². The van der Waals surface area contributed by atoms with Crippen LogP contribution in [0.1, 0.15) is 49.0 Å². The Bertz CT molecular complexity index is 861. The number of amides is 1. The molecule has 4 rings (SSSR count). The highest BCUT2D eigenvalue weighted by atomic mass is 32.2. The van der Waals surface area contributed by atoms with Gasteiger partial charge in [-0.2, -0.15) is 0 Å². The Morgan fingerprint density at radius 2 is 2.00 bits per heavy atom. The lowest BCUT2D eigenvalue weighted by Crippen LogP contribution is -2.28. The summed E-state index contributed by atoms with van der Waals surface area (Å²) in [6.45, 7) is 0.461. The standard InChI is InChI=1S/C20H26N4O3S/c1-23(11-14-5-4-6-16(26-2)18(14)27-3)17(25)12-28-20-22-21-19(13-7-8-13)24(20)15-9-10-15/h4-6,13,15H,7-12H2,1-3H3. The van der Waals surface area contributed by atoms with Crippen molar-refractivity contribution in [1.29, 1.82) is 0 Å². The van der Waals surface area contributed by atoms with Gasteiger partial charge in [0.25, 0.3) is 0 Å². The first-order valence-corrected chi connectivity index (χ1v) is 10.6. The van der Waals surface area contributed by atoms with E-state index >= 15 is 0 Å². The molecule has 2 saturated carbocycles. The smallest absolute Gasteiger partial charge is 0.233 e. The van der Waals surface area contributed by atoms with E-state index in [-0.39, 0.29) is 5.91 Å². The van der Waals surface area contributed by atoms with Crippen molar-refractivity contribution in [3.63, 3.8) is 0 Å². The predicted octanol–water partition coefficient (Wildman–Crippen LogP) is 3.26. The lowest BCUT2D eigenvalue weighted by atomic mass is 10.1. The van der Waals surface area contributed by atoms with Crippen LogP contribution in [0.15, 0.2) is 23.4 Å². The predicted molar refractivity (Wildman–Crippen MR) is 107 cm³/mol. The van der Waals surface area contributed by atoms with Gasteiger partial charge in [0.1, 0.15) is 5.82 Å². The number of hydrogen-bond acceptors (Lipinski definition) is 6.